The zero-order chi connectivity index (χ0) is 35.3. The molecule has 7 unspecified atom stereocenters. The molecule has 2 aliphatic rings. The summed E-state index contributed by atoms with van der Waals surface area (Å²) in [6.45, 7) is -2.52. The Morgan fingerprint density at radius 3 is 1.43 bits per heavy atom. The normalized spacial score (nSPS) is 33.9. The second-order valence-electron chi connectivity index (χ2n) is 8.57. The van der Waals surface area contributed by atoms with Crippen molar-refractivity contribution in [2.24, 2.45) is 0 Å². The van der Waals surface area contributed by atoms with Crippen LogP contribution in [-0.2, 0) is 107 Å². The van der Waals surface area contributed by atoms with E-state index >= 15 is 0 Å². The summed E-state index contributed by atoms with van der Waals surface area (Å²) >= 11 is -3.08. The summed E-state index contributed by atoms with van der Waals surface area (Å²) < 4.78 is 202. The molecule has 5 N–H and O–H groups in total. The monoisotopic (exact) mass is 784 g/mol. The van der Waals surface area contributed by atoms with Gasteiger partial charge in [0.1, 0.15) is 36.6 Å². The first-order valence-electron chi connectivity index (χ1n) is 11.5. The molecule has 2 saturated heterocycles. The van der Waals surface area contributed by atoms with E-state index in [4.69, 9.17) is 47.0 Å². The van der Waals surface area contributed by atoms with Gasteiger partial charge < -0.3 is 28.4 Å². The number of ether oxygens (including phenoxy) is 6. The van der Waals surface area contributed by atoms with Gasteiger partial charge in [0.25, 0.3) is 0 Å². The summed E-state index contributed by atoms with van der Waals surface area (Å²) in [4.78, 5) is 4.81. The van der Waals surface area contributed by atoms with Gasteiger partial charge in [0, 0.05) is 21.3 Å². The van der Waals surface area contributed by atoms with Crippen molar-refractivity contribution in [1.82, 2.24) is 0 Å². The maximum atomic E-state index is 11.8. The van der Waals surface area contributed by atoms with Gasteiger partial charge >= 0.3 is 53.0 Å². The summed E-state index contributed by atoms with van der Waals surface area (Å²) in [6.07, 6.45) is -20.2. The zero-order valence-electron chi connectivity index (χ0n) is 23.0. The Kier molecular flexibility index (Phi) is 15.1. The van der Waals surface area contributed by atoms with Crippen LogP contribution in [0.2, 0.25) is 0 Å². The highest BCUT2D eigenvalue weighted by Crippen LogP contribution is 2.35. The Bertz CT molecular complexity index is 1450. The van der Waals surface area contributed by atoms with Gasteiger partial charge in [-0.25, -0.2) is 21.6 Å². The maximum Gasteiger partial charge on any atom is 0.397 e. The molecule has 0 aromatic heterocycles. The Hall–Kier alpha value is -0.730. The van der Waals surface area contributed by atoms with Gasteiger partial charge in [-0.1, -0.05) is 0 Å². The van der Waals surface area contributed by atoms with Gasteiger partial charge in [0.05, 0.1) is 13.2 Å². The van der Waals surface area contributed by atoms with Crippen LogP contribution < -0.4 is 0 Å². The molecule has 0 aliphatic carbocycles. The molecule has 274 valence electrons. The zero-order valence-corrected chi connectivity index (χ0v) is 27.1. The first-order valence-corrected chi connectivity index (χ1v) is 18.0. The van der Waals surface area contributed by atoms with Crippen molar-refractivity contribution in [2.75, 3.05) is 34.5 Å². The van der Waals surface area contributed by atoms with Crippen molar-refractivity contribution in [3.05, 3.63) is 0 Å². The van der Waals surface area contributed by atoms with Crippen LogP contribution in [0.1, 0.15) is 0 Å². The van der Waals surface area contributed by atoms with Gasteiger partial charge in [0.15, 0.2) is 24.8 Å². The minimum absolute atomic E-state index is 0.776. The Labute approximate surface area is 263 Å². The fraction of sp³-hybridized carbons (Fsp3) is 1.00. The van der Waals surface area contributed by atoms with Crippen molar-refractivity contribution in [3.63, 3.8) is 0 Å². The highest BCUT2D eigenvalue weighted by Gasteiger charge is 2.56. The van der Waals surface area contributed by atoms with Gasteiger partial charge in [-0.05, 0) is 0 Å². The predicted molar refractivity (Wildman–Crippen MR) is 135 cm³/mol. The van der Waals surface area contributed by atoms with Gasteiger partial charge in [-0.3, -0.25) is 22.8 Å². The lowest BCUT2D eigenvalue weighted by Gasteiger charge is -2.48. The van der Waals surface area contributed by atoms with E-state index in [1.807, 2.05) is 0 Å². The quantitative estimate of drug-likeness (QED) is 0.0382. The first kappa shape index (κ1) is 41.4. The molecule has 0 bridgehead atoms. The molecule has 2 aliphatic heterocycles. The molecule has 31 heteroatoms. The minimum atomic E-state index is -5.56. The molecule has 0 spiro atoms. The molecular formula is C15H28O26S5. The van der Waals surface area contributed by atoms with E-state index < -0.39 is 128 Å². The number of hydrogen-bond acceptors (Lipinski definition) is 21. The summed E-state index contributed by atoms with van der Waals surface area (Å²) in [5.41, 5.74) is 0. The van der Waals surface area contributed by atoms with Crippen LogP contribution in [0.4, 0.5) is 0 Å². The topological polar surface area (TPSA) is 366 Å². The Morgan fingerprint density at radius 2 is 1.02 bits per heavy atom. The van der Waals surface area contributed by atoms with Crippen molar-refractivity contribution >= 4 is 53.0 Å². The Morgan fingerprint density at radius 1 is 0.587 bits per heavy atom. The van der Waals surface area contributed by atoms with Crippen LogP contribution in [-0.4, -0.2) is 157 Å². The van der Waals surface area contributed by atoms with E-state index in [0.717, 1.165) is 21.3 Å². The fourth-order valence-electron chi connectivity index (χ4n) is 4.17. The highest BCUT2D eigenvalue weighted by molar-refractivity contribution is 7.81. The first-order chi connectivity index (χ1) is 21.0. The average molecular weight is 785 g/mol. The highest BCUT2D eigenvalue weighted by atomic mass is 32.3. The van der Waals surface area contributed by atoms with E-state index in [0.29, 0.717) is 0 Å². The van der Waals surface area contributed by atoms with Crippen molar-refractivity contribution < 1.29 is 115 Å². The molecule has 46 heavy (non-hydrogen) atoms. The van der Waals surface area contributed by atoms with Gasteiger partial charge in [-0.15, -0.1) is 4.33 Å². The van der Waals surface area contributed by atoms with Crippen LogP contribution in [0.25, 0.3) is 0 Å². The standard InChI is InChI=1S/C15H28O26S5/c1-30-10-8(6(4-33-43(18,19)20)35-14(32-3)12(10)38-41-42(16)17)37-15-13(40-46(27,28)29)11(31-2)9(39-45(24,25)26)7(36-15)5-34-44(21,22)23/h6-15H,4-5H2,1-3H3,(H,16,17)(H,18,19,20)(H,21,22,23)(H,24,25,26)(H,27,28,29)/t6?,7?,8-,9-,10?,11?,12?,13?,14-,15-/m1/s1. The molecule has 0 aromatic carbocycles. The molecule has 2 heterocycles. The molecule has 2 fully saturated rings. The average Bonchev–Trinajstić information content (AvgIpc) is 2.88. The molecule has 0 saturated carbocycles. The van der Waals surface area contributed by atoms with Crippen LogP contribution in [0, 0.1) is 0 Å². The largest absolute Gasteiger partial charge is 0.397 e. The van der Waals surface area contributed by atoms with Gasteiger partial charge in [0.2, 0.25) is 0 Å². The summed E-state index contributed by atoms with van der Waals surface area (Å²) in [7, 11) is -18.8. The lowest BCUT2D eigenvalue weighted by Crippen LogP contribution is -2.66. The summed E-state index contributed by atoms with van der Waals surface area (Å²) in [5, 5.41) is 0. The predicted octanol–water partition coefficient (Wildman–Crippen LogP) is -4.03. The third-order valence-corrected chi connectivity index (χ3v) is 7.68. The third-order valence-electron chi connectivity index (χ3n) is 5.69. The van der Waals surface area contributed by atoms with E-state index in [9.17, 15) is 47.0 Å². The smallest absolute Gasteiger partial charge is 0.376 e. The summed E-state index contributed by atoms with van der Waals surface area (Å²) in [6, 6.07) is 0. The Balaban J connectivity index is 2.67. The number of rotatable bonds is 18. The fourth-order valence-corrected chi connectivity index (χ4v) is 5.93. The van der Waals surface area contributed by atoms with Crippen molar-refractivity contribution in [1.29, 1.82) is 0 Å². The lowest BCUT2D eigenvalue weighted by molar-refractivity contribution is -0.391. The van der Waals surface area contributed by atoms with E-state index in [2.05, 4.69) is 21.1 Å². The van der Waals surface area contributed by atoms with E-state index in [1.54, 1.807) is 0 Å². The molecule has 0 radical (unpaired) electrons. The summed E-state index contributed by atoms with van der Waals surface area (Å²) in [5.74, 6) is 0. The second kappa shape index (κ2) is 16.8. The van der Waals surface area contributed by atoms with Gasteiger partial charge in [-0.2, -0.15) is 37.9 Å². The van der Waals surface area contributed by atoms with Crippen molar-refractivity contribution in [3.8, 4) is 0 Å². The molecule has 0 amide bonds. The molecule has 0 aromatic rings. The van der Waals surface area contributed by atoms with Crippen LogP contribution in [0.15, 0.2) is 0 Å². The van der Waals surface area contributed by atoms with Crippen LogP contribution >= 0.6 is 0 Å². The number of hydrogen-bond donors (Lipinski definition) is 5. The van der Waals surface area contributed by atoms with E-state index in [1.165, 1.54) is 0 Å². The number of methoxy groups -OCH3 is 3. The molecule has 26 nitrogen and oxygen atoms in total. The van der Waals surface area contributed by atoms with Crippen LogP contribution in [0.5, 0.6) is 0 Å². The molecule has 2 rings (SSSR count). The second-order valence-corrected chi connectivity index (χ2v) is 13.4. The lowest BCUT2D eigenvalue weighted by atomic mass is 9.96. The third kappa shape index (κ3) is 13.3. The SMILES string of the molecule is COC1C(OOS(=O)O)[C@H](OC)OC(COS(=O)(=O)O)[C@H]1O[C@H]1OC(COS(=O)(=O)O)[C@@H](OS(=O)(=O)O)C(OC)C1OS(=O)(=O)O. The maximum absolute atomic E-state index is 11.8. The minimum Gasteiger partial charge on any atom is -0.376 e. The van der Waals surface area contributed by atoms with Crippen LogP contribution in [0.3, 0.4) is 0 Å². The van der Waals surface area contributed by atoms with Crippen molar-refractivity contribution in [2.45, 2.75) is 61.4 Å². The molecular weight excluding hydrogens is 756 g/mol. The van der Waals surface area contributed by atoms with E-state index in [-0.39, 0.29) is 0 Å². The molecule has 11 atom stereocenters.